The Hall–Kier alpha value is -2.73. The first-order chi connectivity index (χ1) is 13.5. The van der Waals surface area contributed by atoms with Crippen LogP contribution in [0.5, 0.6) is 5.75 Å². The molecule has 0 aromatic heterocycles. The summed E-state index contributed by atoms with van der Waals surface area (Å²) >= 11 is 6.46. The minimum Gasteiger partial charge on any atom is -0.494 e. The summed E-state index contributed by atoms with van der Waals surface area (Å²) < 4.78 is 5.41. The maximum Gasteiger partial charge on any atom is 0.255 e. The zero-order chi connectivity index (χ0) is 20.1. The lowest BCUT2D eigenvalue weighted by Gasteiger charge is -2.37. The lowest BCUT2D eigenvalue weighted by Crippen LogP contribution is -2.48. The van der Waals surface area contributed by atoms with E-state index in [9.17, 15) is 9.59 Å². The summed E-state index contributed by atoms with van der Waals surface area (Å²) in [4.78, 5) is 28.2. The van der Waals surface area contributed by atoms with Crippen LogP contribution in [0.15, 0.2) is 42.5 Å². The number of halogens is 1. The Labute approximate surface area is 170 Å². The van der Waals surface area contributed by atoms with Gasteiger partial charge in [-0.25, -0.2) is 0 Å². The van der Waals surface area contributed by atoms with Crippen molar-refractivity contribution in [2.24, 2.45) is 0 Å². The summed E-state index contributed by atoms with van der Waals surface area (Å²) in [6.45, 7) is 6.66. The maximum atomic E-state index is 12.7. The zero-order valence-corrected chi connectivity index (χ0v) is 16.8. The van der Waals surface area contributed by atoms with E-state index in [-0.39, 0.29) is 11.8 Å². The Balaban J connectivity index is 1.76. The van der Waals surface area contributed by atoms with Gasteiger partial charge < -0.3 is 19.9 Å². The van der Waals surface area contributed by atoms with Crippen LogP contribution in [0.1, 0.15) is 24.2 Å². The Kier molecular flexibility index (Phi) is 6.41. The fourth-order valence-electron chi connectivity index (χ4n) is 3.25. The highest BCUT2D eigenvalue weighted by molar-refractivity contribution is 6.34. The van der Waals surface area contributed by atoms with Gasteiger partial charge in [0.15, 0.2) is 0 Å². The molecule has 0 saturated carbocycles. The van der Waals surface area contributed by atoms with Crippen LogP contribution < -0.4 is 15.0 Å². The summed E-state index contributed by atoms with van der Waals surface area (Å²) in [5, 5.41) is 3.53. The number of piperazine rings is 1. The Morgan fingerprint density at radius 1 is 1.07 bits per heavy atom. The van der Waals surface area contributed by atoms with E-state index in [4.69, 9.17) is 16.3 Å². The summed E-state index contributed by atoms with van der Waals surface area (Å²) in [5.74, 6) is 0.586. The molecule has 2 amide bonds. The highest BCUT2D eigenvalue weighted by Gasteiger charge is 2.23. The van der Waals surface area contributed by atoms with Crippen molar-refractivity contribution >= 4 is 34.8 Å². The predicted octanol–water partition coefficient (Wildman–Crippen LogP) is 3.66. The van der Waals surface area contributed by atoms with Gasteiger partial charge in [0.05, 0.1) is 23.0 Å². The van der Waals surface area contributed by atoms with E-state index in [1.165, 1.54) is 0 Å². The fourth-order valence-corrected chi connectivity index (χ4v) is 3.54. The molecule has 1 saturated heterocycles. The van der Waals surface area contributed by atoms with E-state index < -0.39 is 0 Å². The van der Waals surface area contributed by atoms with Gasteiger partial charge in [0.1, 0.15) is 5.75 Å². The second-order valence-electron chi connectivity index (χ2n) is 6.54. The van der Waals surface area contributed by atoms with E-state index >= 15 is 0 Å². The first kappa shape index (κ1) is 20.0. The van der Waals surface area contributed by atoms with Crippen LogP contribution in [-0.4, -0.2) is 49.5 Å². The molecule has 0 spiro atoms. The molecule has 1 fully saturated rings. The topological polar surface area (TPSA) is 61.9 Å². The van der Waals surface area contributed by atoms with Crippen LogP contribution in [0, 0.1) is 0 Å². The fraction of sp³-hybridized carbons (Fsp3) is 0.333. The molecule has 0 radical (unpaired) electrons. The number of amides is 2. The van der Waals surface area contributed by atoms with Crippen LogP contribution in [0.3, 0.4) is 0 Å². The van der Waals surface area contributed by atoms with E-state index in [0.29, 0.717) is 49.1 Å². The van der Waals surface area contributed by atoms with Crippen LogP contribution in [-0.2, 0) is 4.79 Å². The van der Waals surface area contributed by atoms with Gasteiger partial charge in [0.25, 0.3) is 5.91 Å². The minimum atomic E-state index is -0.214. The Morgan fingerprint density at radius 3 is 2.36 bits per heavy atom. The molecule has 1 aliphatic rings. The predicted molar refractivity (Wildman–Crippen MR) is 111 cm³/mol. The third-order valence-corrected chi connectivity index (χ3v) is 5.01. The normalized spacial score (nSPS) is 14.0. The van der Waals surface area contributed by atoms with Crippen molar-refractivity contribution in [2.75, 3.05) is 43.0 Å². The molecule has 1 aliphatic heterocycles. The Bertz CT molecular complexity index is 846. The number of nitrogens with zero attached hydrogens (tertiary/aromatic N) is 2. The van der Waals surface area contributed by atoms with Crippen LogP contribution in [0.2, 0.25) is 5.02 Å². The number of carbonyl (C=O) groups is 2. The van der Waals surface area contributed by atoms with Crippen molar-refractivity contribution < 1.29 is 14.3 Å². The van der Waals surface area contributed by atoms with E-state index in [2.05, 4.69) is 10.2 Å². The second-order valence-corrected chi connectivity index (χ2v) is 6.95. The molecule has 1 N–H and O–H groups in total. The zero-order valence-electron chi connectivity index (χ0n) is 16.1. The average Bonchev–Trinajstić information content (AvgIpc) is 2.69. The van der Waals surface area contributed by atoms with Gasteiger partial charge in [-0.15, -0.1) is 0 Å². The van der Waals surface area contributed by atoms with Crippen LogP contribution in [0.4, 0.5) is 11.4 Å². The molecule has 0 atom stereocenters. The third kappa shape index (κ3) is 4.57. The maximum absolute atomic E-state index is 12.7. The third-order valence-electron chi connectivity index (χ3n) is 4.70. The largest absolute Gasteiger partial charge is 0.494 e. The smallest absolute Gasteiger partial charge is 0.255 e. The molecule has 2 aromatic carbocycles. The standard InChI is InChI=1S/C21H24ClN3O3/c1-3-28-17-9-7-16(8-10-17)21(27)23-19-6-4-5-18(22)20(19)25-13-11-24(12-14-25)15(2)26/h4-10H,3,11-14H2,1-2H3,(H,23,27). The molecule has 6 nitrogen and oxygen atoms in total. The number of hydrogen-bond acceptors (Lipinski definition) is 4. The molecule has 0 aliphatic carbocycles. The van der Waals surface area contributed by atoms with Crippen molar-refractivity contribution in [3.8, 4) is 5.75 Å². The highest BCUT2D eigenvalue weighted by atomic mass is 35.5. The molecule has 7 heteroatoms. The number of para-hydroxylation sites is 1. The number of anilines is 2. The van der Waals surface area contributed by atoms with Gasteiger partial charge in [-0.05, 0) is 43.3 Å². The highest BCUT2D eigenvalue weighted by Crippen LogP contribution is 2.35. The molecule has 1 heterocycles. The monoisotopic (exact) mass is 401 g/mol. The van der Waals surface area contributed by atoms with Crippen molar-refractivity contribution in [1.29, 1.82) is 0 Å². The SMILES string of the molecule is CCOc1ccc(C(=O)Nc2cccc(Cl)c2N2CCN(C(C)=O)CC2)cc1. The number of benzene rings is 2. The Morgan fingerprint density at radius 2 is 1.75 bits per heavy atom. The van der Waals surface area contributed by atoms with Gasteiger partial charge in [-0.3, -0.25) is 9.59 Å². The molecule has 0 unspecified atom stereocenters. The quantitative estimate of drug-likeness (QED) is 0.830. The molecule has 0 bridgehead atoms. The first-order valence-electron chi connectivity index (χ1n) is 9.32. The summed E-state index contributed by atoms with van der Waals surface area (Å²) in [6, 6.07) is 12.5. The molecule has 2 aromatic rings. The second kappa shape index (κ2) is 8.97. The van der Waals surface area contributed by atoms with Crippen molar-refractivity contribution in [2.45, 2.75) is 13.8 Å². The van der Waals surface area contributed by atoms with Crippen molar-refractivity contribution in [3.63, 3.8) is 0 Å². The molecular formula is C21H24ClN3O3. The van der Waals surface area contributed by atoms with Crippen molar-refractivity contribution in [1.82, 2.24) is 4.90 Å². The van der Waals surface area contributed by atoms with Gasteiger partial charge in [0.2, 0.25) is 5.91 Å². The molecular weight excluding hydrogens is 378 g/mol. The number of hydrogen-bond donors (Lipinski definition) is 1. The molecule has 3 rings (SSSR count). The van der Waals surface area contributed by atoms with Crippen molar-refractivity contribution in [3.05, 3.63) is 53.1 Å². The van der Waals surface area contributed by atoms with E-state index in [1.807, 2.05) is 24.0 Å². The van der Waals surface area contributed by atoms with Gasteiger partial charge in [0, 0.05) is 38.7 Å². The lowest BCUT2D eigenvalue weighted by molar-refractivity contribution is -0.129. The van der Waals surface area contributed by atoms with Gasteiger partial charge >= 0.3 is 0 Å². The van der Waals surface area contributed by atoms with Crippen LogP contribution in [0.25, 0.3) is 0 Å². The number of nitrogens with one attached hydrogen (secondary N) is 1. The number of carbonyl (C=O) groups excluding carboxylic acids is 2. The van der Waals surface area contributed by atoms with Crippen LogP contribution >= 0.6 is 11.6 Å². The van der Waals surface area contributed by atoms with E-state index in [1.54, 1.807) is 37.3 Å². The number of ether oxygens (including phenoxy) is 1. The average molecular weight is 402 g/mol. The summed E-state index contributed by atoms with van der Waals surface area (Å²) in [7, 11) is 0. The first-order valence-corrected chi connectivity index (χ1v) is 9.70. The minimum absolute atomic E-state index is 0.0721. The number of rotatable bonds is 5. The van der Waals surface area contributed by atoms with Gasteiger partial charge in [-0.2, -0.15) is 0 Å². The summed E-state index contributed by atoms with van der Waals surface area (Å²) in [6.07, 6.45) is 0. The molecule has 28 heavy (non-hydrogen) atoms. The molecule has 148 valence electrons. The van der Waals surface area contributed by atoms with Gasteiger partial charge in [-0.1, -0.05) is 17.7 Å². The van der Waals surface area contributed by atoms with E-state index in [0.717, 1.165) is 11.4 Å². The summed E-state index contributed by atoms with van der Waals surface area (Å²) in [5.41, 5.74) is 1.98. The lowest BCUT2D eigenvalue weighted by atomic mass is 10.1.